The summed E-state index contributed by atoms with van der Waals surface area (Å²) in [5.74, 6) is 0.980. The second kappa shape index (κ2) is 9.85. The SMILES string of the molecule is C=CCN1[C@@H](Cc2ccc(OC)cc2)C(=O)[C@H]2C[C@]1(C=C)CC[C@H]2OCc1ccccc1. The average molecular weight is 432 g/mol. The molecule has 4 nitrogen and oxygen atoms in total. The van der Waals surface area contributed by atoms with Gasteiger partial charge in [-0.1, -0.05) is 54.6 Å². The maximum Gasteiger partial charge on any atom is 0.156 e. The van der Waals surface area contributed by atoms with Crippen LogP contribution in [0.15, 0.2) is 79.9 Å². The Morgan fingerprint density at radius 3 is 2.50 bits per heavy atom. The van der Waals surface area contributed by atoms with E-state index in [9.17, 15) is 4.79 Å². The fourth-order valence-electron chi connectivity index (χ4n) is 5.39. The topological polar surface area (TPSA) is 38.8 Å². The van der Waals surface area contributed by atoms with E-state index in [4.69, 9.17) is 9.47 Å². The number of nitrogens with zero attached hydrogens (tertiary/aromatic N) is 1. The summed E-state index contributed by atoms with van der Waals surface area (Å²) in [6.07, 6.45) is 7.13. The van der Waals surface area contributed by atoms with Crippen molar-refractivity contribution in [3.8, 4) is 5.75 Å². The highest BCUT2D eigenvalue weighted by Crippen LogP contribution is 2.46. The van der Waals surface area contributed by atoms with Crippen LogP contribution in [0.4, 0.5) is 0 Å². The van der Waals surface area contributed by atoms with Crippen LogP contribution in [0, 0.1) is 5.92 Å². The van der Waals surface area contributed by atoms with Crippen LogP contribution in [0.1, 0.15) is 30.4 Å². The first kappa shape index (κ1) is 22.5. The van der Waals surface area contributed by atoms with Crippen molar-refractivity contribution in [3.05, 3.63) is 91.0 Å². The fraction of sp³-hybridized carbons (Fsp3) is 0.393. The van der Waals surface area contributed by atoms with Crippen molar-refractivity contribution in [2.75, 3.05) is 13.7 Å². The molecule has 1 saturated heterocycles. The van der Waals surface area contributed by atoms with Gasteiger partial charge in [0.25, 0.3) is 0 Å². The molecule has 1 aliphatic carbocycles. The third kappa shape index (κ3) is 4.43. The molecule has 0 amide bonds. The summed E-state index contributed by atoms with van der Waals surface area (Å²) in [5.41, 5.74) is 2.06. The molecule has 0 spiro atoms. The lowest BCUT2D eigenvalue weighted by atomic mass is 9.65. The van der Waals surface area contributed by atoms with Gasteiger partial charge in [-0.25, -0.2) is 0 Å². The lowest BCUT2D eigenvalue weighted by Gasteiger charge is -2.56. The van der Waals surface area contributed by atoms with Gasteiger partial charge in [-0.3, -0.25) is 9.69 Å². The van der Waals surface area contributed by atoms with Crippen LogP contribution in [0.5, 0.6) is 5.75 Å². The number of hydrogen-bond donors (Lipinski definition) is 0. The van der Waals surface area contributed by atoms with Gasteiger partial charge in [0.1, 0.15) is 5.75 Å². The van der Waals surface area contributed by atoms with E-state index in [2.05, 4.69) is 36.3 Å². The van der Waals surface area contributed by atoms with Crippen molar-refractivity contribution < 1.29 is 14.3 Å². The molecule has 0 N–H and O–H groups in total. The minimum Gasteiger partial charge on any atom is -0.497 e. The molecule has 4 heteroatoms. The van der Waals surface area contributed by atoms with Crippen LogP contribution in [-0.2, 0) is 22.6 Å². The van der Waals surface area contributed by atoms with Gasteiger partial charge in [0.05, 0.1) is 25.9 Å². The molecule has 2 bridgehead atoms. The van der Waals surface area contributed by atoms with Gasteiger partial charge in [0.15, 0.2) is 5.78 Å². The van der Waals surface area contributed by atoms with E-state index in [1.54, 1.807) is 7.11 Å². The van der Waals surface area contributed by atoms with Gasteiger partial charge in [0.2, 0.25) is 0 Å². The zero-order valence-corrected chi connectivity index (χ0v) is 18.9. The summed E-state index contributed by atoms with van der Waals surface area (Å²) >= 11 is 0. The number of methoxy groups -OCH3 is 1. The monoisotopic (exact) mass is 431 g/mol. The predicted molar refractivity (Wildman–Crippen MR) is 128 cm³/mol. The van der Waals surface area contributed by atoms with Crippen LogP contribution in [0.2, 0.25) is 0 Å². The summed E-state index contributed by atoms with van der Waals surface area (Å²) in [5, 5.41) is 0. The molecule has 4 rings (SSSR count). The predicted octanol–water partition coefficient (Wildman–Crippen LogP) is 4.99. The molecule has 2 fully saturated rings. The summed E-state index contributed by atoms with van der Waals surface area (Å²) in [4.78, 5) is 16.1. The summed E-state index contributed by atoms with van der Waals surface area (Å²) < 4.78 is 11.6. The van der Waals surface area contributed by atoms with Gasteiger partial charge < -0.3 is 9.47 Å². The molecular weight excluding hydrogens is 398 g/mol. The van der Waals surface area contributed by atoms with E-state index >= 15 is 0 Å². The van der Waals surface area contributed by atoms with E-state index < -0.39 is 0 Å². The lowest BCUT2D eigenvalue weighted by molar-refractivity contribution is -0.154. The quantitative estimate of drug-likeness (QED) is 0.525. The Morgan fingerprint density at radius 2 is 1.84 bits per heavy atom. The molecule has 0 radical (unpaired) electrons. The second-order valence-corrected chi connectivity index (χ2v) is 8.90. The zero-order valence-electron chi connectivity index (χ0n) is 18.9. The van der Waals surface area contributed by atoms with Crippen LogP contribution < -0.4 is 4.74 Å². The summed E-state index contributed by atoms with van der Waals surface area (Å²) in [6, 6.07) is 18.0. The number of piperidine rings is 1. The fourth-order valence-corrected chi connectivity index (χ4v) is 5.39. The smallest absolute Gasteiger partial charge is 0.156 e. The van der Waals surface area contributed by atoms with E-state index in [-0.39, 0.29) is 29.4 Å². The summed E-state index contributed by atoms with van der Waals surface area (Å²) in [6.45, 7) is 9.36. The Morgan fingerprint density at radius 1 is 1.09 bits per heavy atom. The van der Waals surface area contributed by atoms with Gasteiger partial charge in [0, 0.05) is 18.0 Å². The Balaban J connectivity index is 1.58. The minimum absolute atomic E-state index is 0.0555. The molecule has 0 aromatic heterocycles. The van der Waals surface area contributed by atoms with Crippen molar-refractivity contribution in [1.82, 2.24) is 4.90 Å². The number of Topliss-reactive ketones (excluding diaryl/α,β-unsaturated/α-hetero) is 1. The van der Waals surface area contributed by atoms with Crippen LogP contribution in [0.25, 0.3) is 0 Å². The number of ether oxygens (including phenoxy) is 2. The molecule has 1 heterocycles. The van der Waals surface area contributed by atoms with E-state index in [1.807, 2.05) is 48.5 Å². The summed E-state index contributed by atoms with van der Waals surface area (Å²) in [7, 11) is 1.66. The molecule has 4 atom stereocenters. The molecule has 168 valence electrons. The molecule has 1 saturated carbocycles. The Kier molecular flexibility index (Phi) is 6.92. The van der Waals surface area contributed by atoms with Gasteiger partial charge >= 0.3 is 0 Å². The van der Waals surface area contributed by atoms with Crippen molar-refractivity contribution in [2.45, 2.75) is 50.0 Å². The van der Waals surface area contributed by atoms with Crippen molar-refractivity contribution in [3.63, 3.8) is 0 Å². The molecule has 2 aromatic rings. The van der Waals surface area contributed by atoms with Crippen LogP contribution in [0.3, 0.4) is 0 Å². The van der Waals surface area contributed by atoms with E-state index in [0.29, 0.717) is 19.6 Å². The number of ketones is 1. The van der Waals surface area contributed by atoms with Crippen molar-refractivity contribution in [1.29, 1.82) is 0 Å². The molecule has 0 unspecified atom stereocenters. The van der Waals surface area contributed by atoms with Crippen LogP contribution in [-0.4, -0.2) is 42.0 Å². The highest BCUT2D eigenvalue weighted by molar-refractivity contribution is 5.88. The average Bonchev–Trinajstić information content (AvgIpc) is 2.85. The second-order valence-electron chi connectivity index (χ2n) is 8.90. The Bertz CT molecular complexity index is 939. The maximum atomic E-state index is 13.8. The minimum atomic E-state index is -0.221. The lowest BCUT2D eigenvalue weighted by Crippen LogP contribution is -2.66. The standard InChI is InChI=1S/C28H33NO3/c1-4-17-29-25(18-21-11-13-23(31-3)14-12-21)27(30)24-19-28(29,5-2)16-15-26(24)32-20-22-9-7-6-8-10-22/h4-14,24-26H,1-2,15-20H2,3H3/t24-,25-,26+,28-/m0/s1. The number of benzene rings is 2. The van der Waals surface area contributed by atoms with Gasteiger partial charge in [-0.05, 0) is 48.9 Å². The molecule has 32 heavy (non-hydrogen) atoms. The highest BCUT2D eigenvalue weighted by atomic mass is 16.5. The van der Waals surface area contributed by atoms with Crippen molar-refractivity contribution >= 4 is 5.78 Å². The maximum absolute atomic E-state index is 13.8. The number of hydrogen-bond acceptors (Lipinski definition) is 4. The van der Waals surface area contributed by atoms with E-state index in [0.717, 1.165) is 36.1 Å². The third-order valence-electron chi connectivity index (χ3n) is 7.13. The van der Waals surface area contributed by atoms with E-state index in [1.165, 1.54) is 0 Å². The first-order valence-corrected chi connectivity index (χ1v) is 11.4. The molecule has 2 aromatic carbocycles. The highest BCUT2D eigenvalue weighted by Gasteiger charge is 2.54. The van der Waals surface area contributed by atoms with Crippen LogP contribution >= 0.6 is 0 Å². The zero-order chi connectivity index (χ0) is 22.6. The number of likely N-dealkylation sites (tertiary alicyclic amines) is 1. The van der Waals surface area contributed by atoms with Gasteiger partial charge in [-0.15, -0.1) is 13.2 Å². The first-order valence-electron chi connectivity index (χ1n) is 11.4. The van der Waals surface area contributed by atoms with Crippen molar-refractivity contribution in [2.24, 2.45) is 5.92 Å². The molecule has 2 aliphatic rings. The van der Waals surface area contributed by atoms with Gasteiger partial charge in [-0.2, -0.15) is 0 Å². The Hall–Kier alpha value is -2.69. The first-order chi connectivity index (χ1) is 15.6. The number of carbonyl (C=O) groups excluding carboxylic acids is 1. The molecule has 1 aliphatic heterocycles. The third-order valence-corrected chi connectivity index (χ3v) is 7.13. The molecular formula is C28H33NO3. The number of carbonyl (C=O) groups is 1. The number of rotatable bonds is 9. The number of fused-ring (bicyclic) bond motifs is 2. The largest absolute Gasteiger partial charge is 0.497 e. The Labute approximate surface area is 191 Å². The normalized spacial score (nSPS) is 27.7.